The van der Waals surface area contributed by atoms with Crippen LogP contribution in [0.25, 0.3) is 0 Å². The van der Waals surface area contributed by atoms with Gasteiger partial charge in [0.1, 0.15) is 6.04 Å². The normalized spacial score (nSPS) is 19.9. The highest BCUT2D eigenvalue weighted by Crippen LogP contribution is 2.06. The first-order chi connectivity index (χ1) is 8.06. The molecule has 1 aliphatic rings. The van der Waals surface area contributed by atoms with E-state index in [1.807, 2.05) is 0 Å². The number of rotatable bonds is 2. The van der Waals surface area contributed by atoms with Gasteiger partial charge in [0.2, 0.25) is 11.8 Å². The number of piperidine rings is 1. The van der Waals surface area contributed by atoms with Gasteiger partial charge in [-0.05, 0) is 6.42 Å². The number of aryl methyl sites for hydroxylation is 1. The lowest BCUT2D eigenvalue weighted by atomic mass is 10.1. The highest BCUT2D eigenvalue weighted by molar-refractivity contribution is 6.03. The summed E-state index contributed by atoms with van der Waals surface area (Å²) in [5, 5.41) is 8.60. The molecule has 0 aliphatic carbocycles. The first kappa shape index (κ1) is 11.3. The summed E-state index contributed by atoms with van der Waals surface area (Å²) < 4.78 is 1.50. The van der Waals surface area contributed by atoms with Gasteiger partial charge in [0.25, 0.3) is 5.91 Å². The van der Waals surface area contributed by atoms with Crippen LogP contribution >= 0.6 is 0 Å². The lowest BCUT2D eigenvalue weighted by molar-refractivity contribution is -0.134. The topological polar surface area (TPSA) is 93.1 Å². The summed E-state index contributed by atoms with van der Waals surface area (Å²) in [6, 6.07) is -0.652. The Kier molecular flexibility index (Phi) is 2.90. The number of nitrogens with one attached hydrogen (secondary N) is 2. The van der Waals surface area contributed by atoms with E-state index in [9.17, 15) is 14.4 Å². The quantitative estimate of drug-likeness (QED) is 0.641. The van der Waals surface area contributed by atoms with Gasteiger partial charge in [-0.15, -0.1) is 0 Å². The molecule has 0 radical (unpaired) electrons. The molecule has 1 saturated heterocycles. The first-order valence-electron chi connectivity index (χ1n) is 5.19. The van der Waals surface area contributed by atoms with Crippen molar-refractivity contribution in [1.29, 1.82) is 0 Å². The van der Waals surface area contributed by atoms with E-state index in [0.717, 1.165) is 0 Å². The van der Waals surface area contributed by atoms with Crippen molar-refractivity contribution in [2.45, 2.75) is 18.9 Å². The van der Waals surface area contributed by atoms with Crippen molar-refractivity contribution in [3.8, 4) is 0 Å². The smallest absolute Gasteiger partial charge is 0.255 e. The van der Waals surface area contributed by atoms with Crippen LogP contribution < -0.4 is 10.6 Å². The highest BCUT2D eigenvalue weighted by atomic mass is 16.2. The molecule has 2 rings (SSSR count). The molecule has 17 heavy (non-hydrogen) atoms. The minimum atomic E-state index is -0.652. The molecule has 7 nitrogen and oxygen atoms in total. The van der Waals surface area contributed by atoms with Gasteiger partial charge in [0.05, 0.1) is 11.8 Å². The van der Waals surface area contributed by atoms with E-state index < -0.39 is 11.9 Å². The van der Waals surface area contributed by atoms with Crippen molar-refractivity contribution >= 4 is 17.7 Å². The summed E-state index contributed by atoms with van der Waals surface area (Å²) in [5.41, 5.74) is 0.386. The molecule has 2 heterocycles. The molecule has 2 N–H and O–H groups in total. The van der Waals surface area contributed by atoms with Crippen molar-refractivity contribution in [1.82, 2.24) is 20.4 Å². The SMILES string of the molecule is Cn1cc(C(=O)NC2CCC(=O)NC2=O)cn1. The van der Waals surface area contributed by atoms with Crippen molar-refractivity contribution in [3.63, 3.8) is 0 Å². The minimum absolute atomic E-state index is 0.240. The molecule has 1 aromatic heterocycles. The van der Waals surface area contributed by atoms with Gasteiger partial charge in [0, 0.05) is 19.7 Å². The summed E-state index contributed by atoms with van der Waals surface area (Å²) in [6.45, 7) is 0. The molecule has 7 heteroatoms. The summed E-state index contributed by atoms with van der Waals surface area (Å²) in [5.74, 6) is -1.13. The predicted octanol–water partition coefficient (Wildman–Crippen LogP) is -1.04. The zero-order chi connectivity index (χ0) is 12.4. The molecule has 1 fully saturated rings. The number of hydrogen-bond donors (Lipinski definition) is 2. The van der Waals surface area contributed by atoms with Crippen molar-refractivity contribution in [2.24, 2.45) is 7.05 Å². The second-order valence-corrected chi connectivity index (χ2v) is 3.88. The lowest BCUT2D eigenvalue weighted by Crippen LogP contribution is -2.52. The largest absolute Gasteiger partial charge is 0.340 e. The van der Waals surface area contributed by atoms with E-state index in [1.165, 1.54) is 10.9 Å². The standard InChI is InChI=1S/C10H12N4O3/c1-14-5-6(4-11-14)9(16)12-7-2-3-8(15)13-10(7)17/h4-5,7H,2-3H2,1H3,(H,12,16)(H,13,15,17). The van der Waals surface area contributed by atoms with Crippen LogP contribution in [0.5, 0.6) is 0 Å². The fraction of sp³-hybridized carbons (Fsp3) is 0.400. The Hall–Kier alpha value is -2.18. The zero-order valence-electron chi connectivity index (χ0n) is 9.27. The molecule has 1 atom stereocenters. The number of carbonyl (C=O) groups is 3. The van der Waals surface area contributed by atoms with Crippen LogP contribution in [0.15, 0.2) is 12.4 Å². The predicted molar refractivity (Wildman–Crippen MR) is 56.8 cm³/mol. The van der Waals surface area contributed by atoms with Gasteiger partial charge < -0.3 is 5.32 Å². The number of aromatic nitrogens is 2. The fourth-order valence-corrected chi connectivity index (χ4v) is 1.61. The third-order valence-corrected chi connectivity index (χ3v) is 2.51. The average molecular weight is 236 g/mol. The molecule has 1 aromatic rings. The molecular formula is C10H12N4O3. The third-order valence-electron chi connectivity index (χ3n) is 2.51. The van der Waals surface area contributed by atoms with Crippen LogP contribution in [0.2, 0.25) is 0 Å². The third kappa shape index (κ3) is 2.49. The van der Waals surface area contributed by atoms with Gasteiger partial charge in [-0.1, -0.05) is 0 Å². The summed E-state index contributed by atoms with van der Waals surface area (Å²) in [6.07, 6.45) is 3.54. The van der Waals surface area contributed by atoms with Crippen LogP contribution in [0.4, 0.5) is 0 Å². The van der Waals surface area contributed by atoms with E-state index in [4.69, 9.17) is 0 Å². The molecule has 0 bridgehead atoms. The molecule has 0 aromatic carbocycles. The maximum absolute atomic E-state index is 11.7. The Bertz CT molecular complexity index is 480. The second-order valence-electron chi connectivity index (χ2n) is 3.88. The van der Waals surface area contributed by atoms with Crippen molar-refractivity contribution in [2.75, 3.05) is 0 Å². The Balaban J connectivity index is 1.99. The molecule has 90 valence electrons. The molecule has 1 unspecified atom stereocenters. The minimum Gasteiger partial charge on any atom is -0.340 e. The zero-order valence-corrected chi connectivity index (χ0v) is 9.27. The van der Waals surface area contributed by atoms with Crippen LogP contribution in [0.1, 0.15) is 23.2 Å². The van der Waals surface area contributed by atoms with E-state index in [-0.39, 0.29) is 18.2 Å². The molecule has 1 aliphatic heterocycles. The number of amides is 3. The highest BCUT2D eigenvalue weighted by Gasteiger charge is 2.28. The molecular weight excluding hydrogens is 224 g/mol. The monoisotopic (exact) mass is 236 g/mol. The Morgan fingerprint density at radius 2 is 2.35 bits per heavy atom. The van der Waals surface area contributed by atoms with Gasteiger partial charge in [-0.3, -0.25) is 24.4 Å². The maximum Gasteiger partial charge on any atom is 0.255 e. The van der Waals surface area contributed by atoms with Gasteiger partial charge in [-0.2, -0.15) is 5.10 Å². The van der Waals surface area contributed by atoms with Crippen LogP contribution in [-0.2, 0) is 16.6 Å². The summed E-state index contributed by atoms with van der Waals surface area (Å²) in [4.78, 5) is 34.1. The van der Waals surface area contributed by atoms with Crippen LogP contribution in [0.3, 0.4) is 0 Å². The average Bonchev–Trinajstić information content (AvgIpc) is 2.69. The van der Waals surface area contributed by atoms with Crippen molar-refractivity contribution < 1.29 is 14.4 Å². The number of nitrogens with zero attached hydrogens (tertiary/aromatic N) is 2. The van der Waals surface area contributed by atoms with Crippen LogP contribution in [-0.4, -0.2) is 33.5 Å². The van der Waals surface area contributed by atoms with E-state index >= 15 is 0 Å². The summed E-state index contributed by atoms with van der Waals surface area (Å²) >= 11 is 0. The Morgan fingerprint density at radius 3 is 2.94 bits per heavy atom. The van der Waals surface area contributed by atoms with E-state index in [2.05, 4.69) is 15.7 Å². The van der Waals surface area contributed by atoms with E-state index in [1.54, 1.807) is 13.2 Å². The maximum atomic E-state index is 11.7. The molecule has 0 spiro atoms. The Labute approximate surface area is 97.2 Å². The van der Waals surface area contributed by atoms with E-state index in [0.29, 0.717) is 12.0 Å². The van der Waals surface area contributed by atoms with Crippen LogP contribution in [0, 0.1) is 0 Å². The molecule has 0 saturated carbocycles. The van der Waals surface area contributed by atoms with Gasteiger partial charge in [-0.25, -0.2) is 0 Å². The summed E-state index contributed by atoms with van der Waals surface area (Å²) in [7, 11) is 1.70. The second kappa shape index (κ2) is 4.36. The Morgan fingerprint density at radius 1 is 1.59 bits per heavy atom. The molecule has 3 amide bonds. The van der Waals surface area contributed by atoms with Gasteiger partial charge >= 0.3 is 0 Å². The number of carbonyl (C=O) groups excluding carboxylic acids is 3. The lowest BCUT2D eigenvalue weighted by Gasteiger charge is -2.21. The fourth-order valence-electron chi connectivity index (χ4n) is 1.61. The number of hydrogen-bond acceptors (Lipinski definition) is 4. The van der Waals surface area contributed by atoms with Gasteiger partial charge in [0.15, 0.2) is 0 Å². The van der Waals surface area contributed by atoms with Crippen molar-refractivity contribution in [3.05, 3.63) is 18.0 Å². The number of imide groups is 1. The first-order valence-corrected chi connectivity index (χ1v) is 5.19.